The molecule has 0 spiro atoms. The summed E-state index contributed by atoms with van der Waals surface area (Å²) in [5.41, 5.74) is 3.65. The van der Waals surface area contributed by atoms with Gasteiger partial charge in [-0.1, -0.05) is 6.07 Å². The maximum Gasteiger partial charge on any atom is 0.228 e. The van der Waals surface area contributed by atoms with E-state index in [9.17, 15) is 14.4 Å². The molecule has 138 valence electrons. The van der Waals surface area contributed by atoms with Crippen LogP contribution >= 0.6 is 0 Å². The fraction of sp³-hybridized carbons (Fsp3) is 0.550. The second-order valence-electron chi connectivity index (χ2n) is 7.54. The highest BCUT2D eigenvalue weighted by molar-refractivity contribution is 6.00. The minimum Gasteiger partial charge on any atom is -0.339 e. The van der Waals surface area contributed by atoms with Crippen molar-refractivity contribution in [2.45, 2.75) is 32.6 Å². The van der Waals surface area contributed by atoms with Gasteiger partial charge >= 0.3 is 0 Å². The first kappa shape index (κ1) is 17.1. The zero-order valence-corrected chi connectivity index (χ0v) is 15.2. The highest BCUT2D eigenvalue weighted by Gasteiger charge is 2.38. The monoisotopic (exact) mass is 355 g/mol. The highest BCUT2D eigenvalue weighted by Crippen LogP contribution is 2.31. The van der Waals surface area contributed by atoms with E-state index in [1.807, 2.05) is 11.0 Å². The molecule has 0 bridgehead atoms. The number of aryl methyl sites for hydroxylation is 2. The molecule has 26 heavy (non-hydrogen) atoms. The maximum atomic E-state index is 12.8. The first-order valence-electron chi connectivity index (χ1n) is 9.49. The fourth-order valence-electron chi connectivity index (χ4n) is 4.35. The average molecular weight is 355 g/mol. The van der Waals surface area contributed by atoms with Crippen LogP contribution in [0.3, 0.4) is 0 Å². The molecule has 2 heterocycles. The van der Waals surface area contributed by atoms with E-state index < -0.39 is 0 Å². The summed E-state index contributed by atoms with van der Waals surface area (Å²) in [6.45, 7) is 4.29. The molecular weight excluding hydrogens is 330 g/mol. The molecule has 0 aromatic heterocycles. The third-order valence-corrected chi connectivity index (χ3v) is 5.90. The zero-order chi connectivity index (χ0) is 18.3. The number of piperazine rings is 1. The Hall–Kier alpha value is -2.37. The third-order valence-electron chi connectivity index (χ3n) is 5.90. The molecule has 1 aromatic rings. The molecular formula is C20H25N3O3. The third kappa shape index (κ3) is 3.08. The van der Waals surface area contributed by atoms with E-state index in [0.717, 1.165) is 18.5 Å². The van der Waals surface area contributed by atoms with Gasteiger partial charge in [-0.3, -0.25) is 14.4 Å². The number of hydrogen-bond donors (Lipinski definition) is 0. The minimum atomic E-state index is -0.278. The summed E-state index contributed by atoms with van der Waals surface area (Å²) in [6, 6.07) is 6.26. The second-order valence-corrected chi connectivity index (χ2v) is 7.54. The van der Waals surface area contributed by atoms with Crippen LogP contribution in [0, 0.1) is 5.92 Å². The molecule has 0 radical (unpaired) electrons. The number of carbonyl (C=O) groups is 3. The van der Waals surface area contributed by atoms with Gasteiger partial charge in [0.2, 0.25) is 17.7 Å². The smallest absolute Gasteiger partial charge is 0.228 e. The number of anilines is 1. The number of carbonyl (C=O) groups excluding carboxylic acids is 3. The first-order chi connectivity index (χ1) is 12.5. The van der Waals surface area contributed by atoms with Crippen LogP contribution in [0.4, 0.5) is 5.69 Å². The molecule has 2 aliphatic heterocycles. The predicted molar refractivity (Wildman–Crippen MR) is 97.8 cm³/mol. The minimum absolute atomic E-state index is 0.0312. The van der Waals surface area contributed by atoms with Gasteiger partial charge in [-0.15, -0.1) is 0 Å². The summed E-state index contributed by atoms with van der Waals surface area (Å²) >= 11 is 0. The molecule has 0 saturated carbocycles. The van der Waals surface area contributed by atoms with Crippen molar-refractivity contribution in [3.63, 3.8) is 0 Å². The van der Waals surface area contributed by atoms with Crippen molar-refractivity contribution in [3.05, 3.63) is 29.3 Å². The number of fused-ring (bicyclic) bond motifs is 1. The lowest BCUT2D eigenvalue weighted by molar-refractivity contribution is -0.141. The van der Waals surface area contributed by atoms with Crippen molar-refractivity contribution in [3.8, 4) is 0 Å². The average Bonchev–Trinajstić information content (AvgIpc) is 3.26. The molecule has 3 aliphatic rings. The molecule has 0 unspecified atom stereocenters. The van der Waals surface area contributed by atoms with Crippen molar-refractivity contribution < 1.29 is 14.4 Å². The van der Waals surface area contributed by atoms with Crippen molar-refractivity contribution in [2.24, 2.45) is 5.92 Å². The summed E-state index contributed by atoms with van der Waals surface area (Å²) in [5, 5.41) is 0. The van der Waals surface area contributed by atoms with Crippen molar-refractivity contribution in [2.75, 3.05) is 37.6 Å². The molecule has 0 N–H and O–H groups in total. The van der Waals surface area contributed by atoms with Crippen LogP contribution in [0.2, 0.25) is 0 Å². The summed E-state index contributed by atoms with van der Waals surface area (Å²) < 4.78 is 0. The van der Waals surface area contributed by atoms with Crippen LogP contribution in [-0.4, -0.2) is 60.2 Å². The highest BCUT2D eigenvalue weighted by atomic mass is 16.2. The van der Waals surface area contributed by atoms with Crippen LogP contribution in [-0.2, 0) is 27.2 Å². The second kappa shape index (κ2) is 6.74. The molecule has 6 nitrogen and oxygen atoms in total. The summed E-state index contributed by atoms with van der Waals surface area (Å²) in [4.78, 5) is 42.1. The molecule has 6 heteroatoms. The lowest BCUT2D eigenvalue weighted by Gasteiger charge is -2.35. The van der Waals surface area contributed by atoms with Gasteiger partial charge in [-0.25, -0.2) is 0 Å². The van der Waals surface area contributed by atoms with Gasteiger partial charge in [-0.05, 0) is 42.5 Å². The SMILES string of the molecule is CC(=O)N1CCN(C(=O)[C@H]2CC(=O)N(c3ccc4c(c3)CCC4)C2)CC1. The fourth-order valence-corrected chi connectivity index (χ4v) is 4.35. The van der Waals surface area contributed by atoms with Crippen molar-refractivity contribution >= 4 is 23.4 Å². The van der Waals surface area contributed by atoms with Gasteiger partial charge in [0.1, 0.15) is 0 Å². The van der Waals surface area contributed by atoms with Crippen LogP contribution < -0.4 is 4.90 Å². The van der Waals surface area contributed by atoms with Crippen LogP contribution in [0.15, 0.2) is 18.2 Å². The molecule has 1 aliphatic carbocycles. The number of benzene rings is 1. The quantitative estimate of drug-likeness (QED) is 0.801. The Balaban J connectivity index is 1.41. The summed E-state index contributed by atoms with van der Waals surface area (Å²) in [7, 11) is 0. The Morgan fingerprint density at radius 1 is 1.00 bits per heavy atom. The Kier molecular flexibility index (Phi) is 4.42. The zero-order valence-electron chi connectivity index (χ0n) is 15.2. The molecule has 1 atom stereocenters. The van der Waals surface area contributed by atoms with Crippen molar-refractivity contribution in [1.29, 1.82) is 0 Å². The van der Waals surface area contributed by atoms with E-state index in [-0.39, 0.29) is 30.1 Å². The van der Waals surface area contributed by atoms with Crippen LogP contribution in [0.25, 0.3) is 0 Å². The van der Waals surface area contributed by atoms with Gasteiger partial charge in [0.15, 0.2) is 0 Å². The topological polar surface area (TPSA) is 60.9 Å². The van der Waals surface area contributed by atoms with E-state index >= 15 is 0 Å². The van der Waals surface area contributed by atoms with Gasteiger partial charge in [0, 0.05) is 51.8 Å². The summed E-state index contributed by atoms with van der Waals surface area (Å²) in [5.74, 6) is -0.149. The van der Waals surface area contributed by atoms with E-state index in [0.29, 0.717) is 32.7 Å². The van der Waals surface area contributed by atoms with Crippen LogP contribution in [0.1, 0.15) is 30.9 Å². The Morgan fingerprint density at radius 3 is 2.42 bits per heavy atom. The number of rotatable bonds is 2. The molecule has 2 saturated heterocycles. The lowest BCUT2D eigenvalue weighted by Crippen LogP contribution is -2.51. The maximum absolute atomic E-state index is 12.8. The Bertz CT molecular complexity index is 753. The molecule has 4 rings (SSSR count). The van der Waals surface area contributed by atoms with Crippen molar-refractivity contribution in [1.82, 2.24) is 9.80 Å². The van der Waals surface area contributed by atoms with E-state index in [2.05, 4.69) is 12.1 Å². The Labute approximate surface area is 153 Å². The van der Waals surface area contributed by atoms with Gasteiger partial charge in [0.05, 0.1) is 5.92 Å². The Morgan fingerprint density at radius 2 is 1.69 bits per heavy atom. The van der Waals surface area contributed by atoms with Gasteiger partial charge in [-0.2, -0.15) is 0 Å². The predicted octanol–water partition coefficient (Wildman–Crippen LogP) is 1.22. The number of nitrogens with zero attached hydrogens (tertiary/aromatic N) is 3. The van der Waals surface area contributed by atoms with Gasteiger partial charge < -0.3 is 14.7 Å². The first-order valence-corrected chi connectivity index (χ1v) is 9.49. The lowest BCUT2D eigenvalue weighted by atomic mass is 10.1. The number of amides is 3. The normalized spacial score (nSPS) is 22.7. The molecule has 1 aromatic carbocycles. The molecule has 2 fully saturated rings. The molecule has 3 amide bonds. The summed E-state index contributed by atoms with van der Waals surface area (Å²) in [6.07, 6.45) is 3.66. The van der Waals surface area contributed by atoms with E-state index in [1.165, 1.54) is 17.5 Å². The van der Waals surface area contributed by atoms with E-state index in [4.69, 9.17) is 0 Å². The van der Waals surface area contributed by atoms with Crippen LogP contribution in [0.5, 0.6) is 0 Å². The number of hydrogen-bond acceptors (Lipinski definition) is 3. The largest absolute Gasteiger partial charge is 0.339 e. The standard InChI is InChI=1S/C20H25N3O3/c1-14(24)21-7-9-22(10-8-21)20(26)17-12-19(25)23(13-17)18-6-5-15-3-2-4-16(15)11-18/h5-6,11,17H,2-4,7-10,12-13H2,1H3/t17-/m0/s1. The van der Waals surface area contributed by atoms with Gasteiger partial charge in [0.25, 0.3) is 0 Å². The van der Waals surface area contributed by atoms with E-state index in [1.54, 1.807) is 16.7 Å².